The molecular formula is C20H41NaO2. The fourth-order valence-electron chi connectivity index (χ4n) is 2.87. The van der Waals surface area contributed by atoms with Crippen LogP contribution in [0.25, 0.3) is 0 Å². The Bertz CT molecular complexity index is 232. The number of esters is 1. The van der Waals surface area contributed by atoms with E-state index in [1.807, 2.05) is 0 Å². The summed E-state index contributed by atoms with van der Waals surface area (Å²) >= 11 is 0. The van der Waals surface area contributed by atoms with Gasteiger partial charge in [0.25, 0.3) is 0 Å². The molecule has 0 aliphatic carbocycles. The number of hydrogen-bond donors (Lipinski definition) is 0. The van der Waals surface area contributed by atoms with E-state index in [2.05, 4.69) is 6.92 Å². The van der Waals surface area contributed by atoms with Crippen LogP contribution in [0, 0.1) is 0 Å². The number of hydrogen-bond acceptors (Lipinski definition) is 2. The first-order chi connectivity index (χ1) is 10.8. The van der Waals surface area contributed by atoms with Gasteiger partial charge in [0, 0.05) is 6.92 Å². The van der Waals surface area contributed by atoms with E-state index in [4.69, 9.17) is 4.74 Å². The molecule has 0 fully saturated rings. The SMILES string of the molecule is CCCCCCCCCCCCCCCCCCOC(C)=O.[NaH]. The van der Waals surface area contributed by atoms with Gasteiger partial charge in [-0.3, -0.25) is 4.79 Å². The van der Waals surface area contributed by atoms with E-state index in [-0.39, 0.29) is 35.5 Å². The van der Waals surface area contributed by atoms with Crippen molar-refractivity contribution < 1.29 is 9.53 Å². The molecule has 0 rings (SSSR count). The minimum absolute atomic E-state index is 0. The van der Waals surface area contributed by atoms with E-state index < -0.39 is 0 Å². The third-order valence-electron chi connectivity index (χ3n) is 4.30. The molecule has 0 unspecified atom stereocenters. The van der Waals surface area contributed by atoms with Gasteiger partial charge < -0.3 is 4.74 Å². The summed E-state index contributed by atoms with van der Waals surface area (Å²) in [6.07, 6.45) is 22.0. The van der Waals surface area contributed by atoms with Crippen LogP contribution >= 0.6 is 0 Å². The molecule has 0 atom stereocenters. The summed E-state index contributed by atoms with van der Waals surface area (Å²) in [6, 6.07) is 0. The van der Waals surface area contributed by atoms with Crippen LogP contribution in [0.3, 0.4) is 0 Å². The Morgan fingerprint density at radius 1 is 0.609 bits per heavy atom. The molecule has 0 aromatic carbocycles. The van der Waals surface area contributed by atoms with Crippen LogP contribution in [0.4, 0.5) is 0 Å². The van der Waals surface area contributed by atoms with Crippen LogP contribution in [-0.4, -0.2) is 42.1 Å². The van der Waals surface area contributed by atoms with Crippen molar-refractivity contribution in [2.24, 2.45) is 0 Å². The van der Waals surface area contributed by atoms with Crippen molar-refractivity contribution in [3.63, 3.8) is 0 Å². The van der Waals surface area contributed by atoms with Crippen LogP contribution in [0.2, 0.25) is 0 Å². The molecule has 2 nitrogen and oxygen atoms in total. The molecule has 0 bridgehead atoms. The Kier molecular flexibility index (Phi) is 25.1. The second kappa shape index (κ2) is 22.5. The predicted octanol–water partition coefficient (Wildman–Crippen LogP) is 6.16. The molecular weight excluding hydrogens is 295 g/mol. The fraction of sp³-hybridized carbons (Fsp3) is 0.950. The molecule has 0 radical (unpaired) electrons. The van der Waals surface area contributed by atoms with E-state index >= 15 is 0 Å². The molecule has 0 aromatic heterocycles. The zero-order valence-corrected chi connectivity index (χ0v) is 15.3. The summed E-state index contributed by atoms with van der Waals surface area (Å²) in [6.45, 7) is 4.36. The Labute approximate surface area is 167 Å². The monoisotopic (exact) mass is 336 g/mol. The van der Waals surface area contributed by atoms with Gasteiger partial charge in [-0.1, -0.05) is 103 Å². The quantitative estimate of drug-likeness (QED) is 0.180. The molecule has 0 aliphatic heterocycles. The van der Waals surface area contributed by atoms with E-state index in [0.29, 0.717) is 6.61 Å². The van der Waals surface area contributed by atoms with Gasteiger partial charge in [-0.15, -0.1) is 0 Å². The van der Waals surface area contributed by atoms with Crippen LogP contribution in [0.15, 0.2) is 0 Å². The summed E-state index contributed by atoms with van der Waals surface area (Å²) in [4.78, 5) is 10.6. The summed E-state index contributed by atoms with van der Waals surface area (Å²) in [5.74, 6) is -0.152. The first kappa shape index (κ1) is 25.7. The zero-order valence-electron chi connectivity index (χ0n) is 15.3. The maximum absolute atomic E-state index is 10.6. The average molecular weight is 337 g/mol. The van der Waals surface area contributed by atoms with Crippen LogP contribution in [-0.2, 0) is 9.53 Å². The van der Waals surface area contributed by atoms with Crippen LogP contribution in [0.1, 0.15) is 117 Å². The molecule has 0 N–H and O–H groups in total. The van der Waals surface area contributed by atoms with Gasteiger partial charge in [0.15, 0.2) is 0 Å². The Morgan fingerprint density at radius 3 is 1.22 bits per heavy atom. The van der Waals surface area contributed by atoms with Gasteiger partial charge in [0.1, 0.15) is 0 Å². The topological polar surface area (TPSA) is 26.3 Å². The Morgan fingerprint density at radius 2 is 0.913 bits per heavy atom. The summed E-state index contributed by atoms with van der Waals surface area (Å²) in [5.41, 5.74) is 0. The third kappa shape index (κ3) is 24.8. The molecule has 0 saturated heterocycles. The van der Waals surface area contributed by atoms with Gasteiger partial charge in [-0.2, -0.15) is 0 Å². The van der Waals surface area contributed by atoms with Crippen molar-refractivity contribution in [1.29, 1.82) is 0 Å². The first-order valence-electron chi connectivity index (χ1n) is 9.90. The van der Waals surface area contributed by atoms with Crippen LogP contribution in [0.5, 0.6) is 0 Å². The third-order valence-corrected chi connectivity index (χ3v) is 4.30. The maximum atomic E-state index is 10.6. The number of carbonyl (C=O) groups excluding carboxylic acids is 1. The summed E-state index contributed by atoms with van der Waals surface area (Å²) in [5, 5.41) is 0. The summed E-state index contributed by atoms with van der Waals surface area (Å²) in [7, 11) is 0. The van der Waals surface area contributed by atoms with Crippen molar-refractivity contribution in [2.45, 2.75) is 117 Å². The van der Waals surface area contributed by atoms with Crippen molar-refractivity contribution in [2.75, 3.05) is 6.61 Å². The average Bonchev–Trinajstić information content (AvgIpc) is 2.50. The molecule has 0 aliphatic rings. The normalized spacial score (nSPS) is 10.3. The molecule has 3 heteroatoms. The van der Waals surface area contributed by atoms with Crippen molar-refractivity contribution >= 4 is 35.5 Å². The van der Waals surface area contributed by atoms with Gasteiger partial charge in [-0.05, 0) is 6.42 Å². The number of ether oxygens (including phenoxy) is 1. The standard InChI is InChI=1S/C20H40O2.Na.H/c1-3-4-5-6-7-8-9-10-11-12-13-14-15-16-17-18-19-22-20(2)21;;/h3-19H2,1-2H3;;. The second-order valence-corrected chi connectivity index (χ2v) is 6.64. The molecule has 0 heterocycles. The number of unbranched alkanes of at least 4 members (excludes halogenated alkanes) is 15. The fourth-order valence-corrected chi connectivity index (χ4v) is 2.87. The van der Waals surface area contributed by atoms with Crippen LogP contribution < -0.4 is 0 Å². The number of rotatable bonds is 17. The molecule has 0 spiro atoms. The Hall–Kier alpha value is 0.470. The molecule has 23 heavy (non-hydrogen) atoms. The van der Waals surface area contributed by atoms with Crippen molar-refractivity contribution in [3.8, 4) is 0 Å². The summed E-state index contributed by atoms with van der Waals surface area (Å²) < 4.78 is 4.92. The van der Waals surface area contributed by atoms with Crippen molar-refractivity contribution in [3.05, 3.63) is 0 Å². The van der Waals surface area contributed by atoms with Gasteiger partial charge >= 0.3 is 35.5 Å². The minimum atomic E-state index is -0.152. The molecule has 134 valence electrons. The van der Waals surface area contributed by atoms with E-state index in [9.17, 15) is 4.79 Å². The Balaban J connectivity index is 0. The number of carbonyl (C=O) groups is 1. The first-order valence-corrected chi connectivity index (χ1v) is 9.90. The molecule has 0 aromatic rings. The van der Waals surface area contributed by atoms with E-state index in [1.165, 1.54) is 103 Å². The predicted molar refractivity (Wildman–Crippen MR) is 103 cm³/mol. The van der Waals surface area contributed by atoms with Gasteiger partial charge in [0.05, 0.1) is 6.61 Å². The van der Waals surface area contributed by atoms with E-state index in [0.717, 1.165) is 6.42 Å². The van der Waals surface area contributed by atoms with E-state index in [1.54, 1.807) is 0 Å². The zero-order chi connectivity index (χ0) is 16.3. The molecule has 0 amide bonds. The molecule has 0 saturated carbocycles. The van der Waals surface area contributed by atoms with Crippen molar-refractivity contribution in [1.82, 2.24) is 0 Å². The van der Waals surface area contributed by atoms with Gasteiger partial charge in [0.2, 0.25) is 0 Å². The second-order valence-electron chi connectivity index (χ2n) is 6.64. The van der Waals surface area contributed by atoms with Gasteiger partial charge in [-0.25, -0.2) is 0 Å².